The summed E-state index contributed by atoms with van der Waals surface area (Å²) in [5.41, 5.74) is 2.05. The van der Waals surface area contributed by atoms with Crippen molar-refractivity contribution in [1.29, 1.82) is 0 Å². The van der Waals surface area contributed by atoms with Crippen molar-refractivity contribution in [3.63, 3.8) is 0 Å². The number of nitrogens with zero attached hydrogens (tertiary/aromatic N) is 2. The number of carbonyl (C=O) groups excluding carboxylic acids is 1. The molecule has 27 heavy (non-hydrogen) atoms. The monoisotopic (exact) mass is 370 g/mol. The third-order valence-electron chi connectivity index (χ3n) is 5.16. The highest BCUT2D eigenvalue weighted by atomic mass is 19.1. The quantitative estimate of drug-likeness (QED) is 0.762. The van der Waals surface area contributed by atoms with E-state index in [0.29, 0.717) is 6.42 Å². The van der Waals surface area contributed by atoms with Crippen LogP contribution in [0.2, 0.25) is 0 Å². The van der Waals surface area contributed by atoms with E-state index in [1.165, 1.54) is 12.1 Å². The zero-order chi connectivity index (χ0) is 19.2. The van der Waals surface area contributed by atoms with Crippen molar-refractivity contribution in [1.82, 2.24) is 4.90 Å². The second-order valence-corrected chi connectivity index (χ2v) is 6.95. The van der Waals surface area contributed by atoms with Crippen LogP contribution in [0.25, 0.3) is 0 Å². The summed E-state index contributed by atoms with van der Waals surface area (Å²) in [7, 11) is 1.64. The topological polar surface area (TPSA) is 32.8 Å². The molecule has 2 aromatic rings. The van der Waals surface area contributed by atoms with Crippen molar-refractivity contribution in [2.75, 3.05) is 25.1 Å². The lowest BCUT2D eigenvalue weighted by molar-refractivity contribution is -0.119. The number of anilines is 1. The summed E-state index contributed by atoms with van der Waals surface area (Å²) >= 11 is 0. The number of hydrogen-bond acceptors (Lipinski definition) is 3. The van der Waals surface area contributed by atoms with Crippen molar-refractivity contribution in [3.8, 4) is 5.75 Å². The number of methoxy groups -OCH3 is 1. The average molecular weight is 370 g/mol. The molecule has 5 heteroatoms. The van der Waals surface area contributed by atoms with Crippen molar-refractivity contribution < 1.29 is 13.9 Å². The van der Waals surface area contributed by atoms with Crippen molar-refractivity contribution in [2.24, 2.45) is 0 Å². The highest BCUT2D eigenvalue weighted by Crippen LogP contribution is 2.27. The lowest BCUT2D eigenvalue weighted by Gasteiger charge is -2.38. The Morgan fingerprint density at radius 3 is 2.30 bits per heavy atom. The number of ether oxygens (including phenoxy) is 1. The summed E-state index contributed by atoms with van der Waals surface area (Å²) in [5, 5.41) is 0. The van der Waals surface area contributed by atoms with Gasteiger partial charge in [-0.3, -0.25) is 9.69 Å². The fourth-order valence-corrected chi connectivity index (χ4v) is 3.66. The van der Waals surface area contributed by atoms with Gasteiger partial charge < -0.3 is 9.64 Å². The smallest absolute Gasteiger partial charge is 0.226 e. The van der Waals surface area contributed by atoms with Gasteiger partial charge in [0.15, 0.2) is 0 Å². The Morgan fingerprint density at radius 1 is 1.11 bits per heavy atom. The van der Waals surface area contributed by atoms with E-state index in [9.17, 15) is 9.18 Å². The number of benzene rings is 2. The molecular formula is C22H27FN2O2. The molecule has 1 aliphatic rings. The zero-order valence-corrected chi connectivity index (χ0v) is 16.0. The molecule has 4 nitrogen and oxygen atoms in total. The SMILES string of the molecule is CCC(=O)N(c1ccc(OC)cc1)C1CCN(Cc2ccc(F)cc2)CC1. The van der Waals surface area contributed by atoms with Gasteiger partial charge in [-0.25, -0.2) is 4.39 Å². The Hall–Kier alpha value is -2.40. The fourth-order valence-electron chi connectivity index (χ4n) is 3.66. The number of hydrogen-bond donors (Lipinski definition) is 0. The summed E-state index contributed by atoms with van der Waals surface area (Å²) in [6.07, 6.45) is 2.35. The molecule has 1 heterocycles. The van der Waals surface area contributed by atoms with Gasteiger partial charge in [0.1, 0.15) is 11.6 Å². The van der Waals surface area contributed by atoms with Crippen LogP contribution in [-0.4, -0.2) is 37.0 Å². The molecule has 1 fully saturated rings. The first-order valence-electron chi connectivity index (χ1n) is 9.53. The highest BCUT2D eigenvalue weighted by molar-refractivity contribution is 5.93. The van der Waals surface area contributed by atoms with Crippen LogP contribution in [0.3, 0.4) is 0 Å². The molecule has 0 spiro atoms. The van der Waals surface area contributed by atoms with Gasteiger partial charge in [0.2, 0.25) is 5.91 Å². The molecule has 0 saturated carbocycles. The number of rotatable bonds is 6. The van der Waals surface area contributed by atoms with Gasteiger partial charge in [0.25, 0.3) is 0 Å². The van der Waals surface area contributed by atoms with Crippen LogP contribution in [-0.2, 0) is 11.3 Å². The number of amides is 1. The summed E-state index contributed by atoms with van der Waals surface area (Å²) < 4.78 is 18.3. The lowest BCUT2D eigenvalue weighted by atomic mass is 10.0. The van der Waals surface area contributed by atoms with Crippen LogP contribution < -0.4 is 9.64 Å². The molecule has 0 radical (unpaired) electrons. The van der Waals surface area contributed by atoms with Crippen LogP contribution >= 0.6 is 0 Å². The first-order valence-corrected chi connectivity index (χ1v) is 9.53. The van der Waals surface area contributed by atoms with Crippen molar-refractivity contribution in [3.05, 3.63) is 59.9 Å². The lowest BCUT2D eigenvalue weighted by Crippen LogP contribution is -2.47. The van der Waals surface area contributed by atoms with E-state index in [2.05, 4.69) is 4.90 Å². The predicted octanol–water partition coefficient (Wildman–Crippen LogP) is 4.24. The maximum Gasteiger partial charge on any atom is 0.226 e. The van der Waals surface area contributed by atoms with E-state index in [4.69, 9.17) is 4.74 Å². The number of carbonyl (C=O) groups is 1. The van der Waals surface area contributed by atoms with Gasteiger partial charge >= 0.3 is 0 Å². The molecule has 0 aliphatic carbocycles. The minimum absolute atomic E-state index is 0.150. The minimum atomic E-state index is -0.203. The third kappa shape index (κ3) is 4.86. The van der Waals surface area contributed by atoms with Crippen molar-refractivity contribution in [2.45, 2.75) is 38.8 Å². The average Bonchev–Trinajstić information content (AvgIpc) is 2.71. The molecule has 0 atom stereocenters. The van der Waals surface area contributed by atoms with Crippen molar-refractivity contribution >= 4 is 11.6 Å². The van der Waals surface area contributed by atoms with E-state index in [-0.39, 0.29) is 17.8 Å². The Morgan fingerprint density at radius 2 is 1.74 bits per heavy atom. The van der Waals surface area contributed by atoms with Gasteiger partial charge in [-0.15, -0.1) is 0 Å². The maximum absolute atomic E-state index is 13.1. The second-order valence-electron chi connectivity index (χ2n) is 6.95. The van der Waals surface area contributed by atoms with Crippen LogP contribution in [0.5, 0.6) is 5.75 Å². The third-order valence-corrected chi connectivity index (χ3v) is 5.16. The first-order chi connectivity index (χ1) is 13.1. The molecule has 1 amide bonds. The van der Waals surface area contributed by atoms with Gasteiger partial charge in [0.05, 0.1) is 7.11 Å². The van der Waals surface area contributed by atoms with E-state index in [0.717, 1.165) is 49.5 Å². The summed E-state index contributed by atoms with van der Waals surface area (Å²) in [6.45, 7) is 4.57. The predicted molar refractivity (Wildman–Crippen MR) is 105 cm³/mol. The van der Waals surface area contributed by atoms with E-state index >= 15 is 0 Å². The molecule has 144 valence electrons. The fraction of sp³-hybridized carbons (Fsp3) is 0.409. The molecule has 0 aromatic heterocycles. The van der Waals surface area contributed by atoms with E-state index < -0.39 is 0 Å². The van der Waals surface area contributed by atoms with Gasteiger partial charge in [-0.1, -0.05) is 19.1 Å². The standard InChI is InChI=1S/C22H27FN2O2/c1-3-22(26)25(19-8-10-21(27-2)11-9-19)20-12-14-24(15-13-20)16-17-4-6-18(23)7-5-17/h4-11,20H,3,12-16H2,1-2H3. The molecule has 2 aromatic carbocycles. The second kappa shape index (κ2) is 9.00. The summed E-state index contributed by atoms with van der Waals surface area (Å²) in [4.78, 5) is 16.9. The Balaban J connectivity index is 1.65. The molecule has 1 saturated heterocycles. The van der Waals surface area contributed by atoms with Gasteiger partial charge in [0, 0.05) is 37.8 Å². The normalized spacial score (nSPS) is 15.5. The van der Waals surface area contributed by atoms with E-state index in [1.54, 1.807) is 7.11 Å². The number of likely N-dealkylation sites (tertiary alicyclic amines) is 1. The Kier molecular flexibility index (Phi) is 6.45. The molecule has 0 N–H and O–H groups in total. The summed E-state index contributed by atoms with van der Waals surface area (Å²) in [6, 6.07) is 14.6. The van der Waals surface area contributed by atoms with Crippen LogP contribution in [0.4, 0.5) is 10.1 Å². The Bertz CT molecular complexity index is 738. The van der Waals surface area contributed by atoms with Crippen LogP contribution in [0.1, 0.15) is 31.7 Å². The molecule has 0 bridgehead atoms. The van der Waals surface area contributed by atoms with Crippen LogP contribution in [0, 0.1) is 5.82 Å². The Labute approximate surface area is 160 Å². The van der Waals surface area contributed by atoms with Gasteiger partial charge in [-0.05, 0) is 54.8 Å². The molecule has 0 unspecified atom stereocenters. The first kappa shape index (κ1) is 19.4. The molecular weight excluding hydrogens is 343 g/mol. The van der Waals surface area contributed by atoms with E-state index in [1.807, 2.05) is 48.2 Å². The largest absolute Gasteiger partial charge is 0.497 e. The number of piperidine rings is 1. The maximum atomic E-state index is 13.1. The van der Waals surface area contributed by atoms with Crippen LogP contribution in [0.15, 0.2) is 48.5 Å². The van der Waals surface area contributed by atoms with Gasteiger partial charge in [-0.2, -0.15) is 0 Å². The molecule has 1 aliphatic heterocycles. The molecule has 3 rings (SSSR count). The summed E-state index contributed by atoms with van der Waals surface area (Å²) in [5.74, 6) is 0.736. The number of halogens is 1. The minimum Gasteiger partial charge on any atom is -0.497 e. The highest BCUT2D eigenvalue weighted by Gasteiger charge is 2.28. The zero-order valence-electron chi connectivity index (χ0n) is 16.0.